The van der Waals surface area contributed by atoms with Gasteiger partial charge in [-0.1, -0.05) is 12.1 Å². The zero-order valence-corrected chi connectivity index (χ0v) is 43.3. The average molecular weight is 869 g/mol. The predicted octanol–water partition coefficient (Wildman–Crippen LogP) is -10.3. The molecule has 18 heteroatoms. The van der Waals surface area contributed by atoms with Crippen molar-refractivity contribution in [1.29, 1.82) is 0 Å². The van der Waals surface area contributed by atoms with E-state index in [0.29, 0.717) is 16.9 Å². The Labute approximate surface area is 463 Å². The van der Waals surface area contributed by atoms with Gasteiger partial charge >= 0.3 is 154 Å². The van der Waals surface area contributed by atoms with Gasteiger partial charge in [-0.3, -0.25) is 0 Å². The molecule has 5 rings (SSSR count). The van der Waals surface area contributed by atoms with E-state index in [1.807, 2.05) is 74.1 Å². The van der Waals surface area contributed by atoms with Gasteiger partial charge in [0.15, 0.2) is 0 Å². The smallest absolute Gasteiger partial charge is 0.548 e. The van der Waals surface area contributed by atoms with Crippen molar-refractivity contribution in [2.75, 3.05) is 82.3 Å². The quantitative estimate of drug-likeness (QED) is 0.0369. The standard InChI is InChI=1S/C40H42N4O11.3K/c1-24-6-12-30(43(20-36(45)46)21-37(47)48)34(16-24)53-14-15-54-35-17-25(7-13-31(35)44(22-38(49)50)23-39(51)52)40-28-10-8-26(41(2)3)18-32(28)55-33-19-27(42(4)5)9-11-29(33)40;;;/h6-13,16-19H,14-15,20-23H2,1-5H3,(H3-,45,46,47,48,49,50,51,52);;;/q;3*+1/p-3. The summed E-state index contributed by atoms with van der Waals surface area (Å²) in [5.41, 5.74) is 4.72. The molecule has 0 bridgehead atoms. The molecule has 1 aliphatic carbocycles. The first-order valence-corrected chi connectivity index (χ1v) is 17.1. The Kier molecular flexibility index (Phi) is 21.6. The Hall–Kier alpha value is -1.86. The first-order valence-electron chi connectivity index (χ1n) is 17.1. The molecule has 0 saturated carbocycles. The second-order valence-corrected chi connectivity index (χ2v) is 13.2. The summed E-state index contributed by atoms with van der Waals surface area (Å²) in [6.07, 6.45) is 0. The second-order valence-electron chi connectivity index (χ2n) is 13.2. The molecule has 0 fully saturated rings. The third-order valence-corrected chi connectivity index (χ3v) is 8.65. The molecule has 0 N–H and O–H groups in total. The van der Waals surface area contributed by atoms with Gasteiger partial charge in [0.25, 0.3) is 0 Å². The monoisotopic (exact) mass is 868 g/mol. The van der Waals surface area contributed by atoms with Crippen molar-refractivity contribution < 1.29 is 208 Å². The molecule has 15 nitrogen and oxygen atoms in total. The van der Waals surface area contributed by atoms with E-state index in [4.69, 9.17) is 13.9 Å². The number of rotatable bonds is 17. The Morgan fingerprint density at radius 2 is 1.17 bits per heavy atom. The first-order chi connectivity index (χ1) is 26.1. The van der Waals surface area contributed by atoms with Gasteiger partial charge < -0.3 is 68.2 Å². The van der Waals surface area contributed by atoms with Crippen LogP contribution in [0.5, 0.6) is 11.5 Å². The van der Waals surface area contributed by atoms with Crippen LogP contribution in [-0.2, 0) is 19.2 Å². The van der Waals surface area contributed by atoms with Gasteiger partial charge in [0.2, 0.25) is 5.36 Å². The molecule has 1 heterocycles. The van der Waals surface area contributed by atoms with E-state index in [2.05, 4.69) is 0 Å². The zero-order valence-electron chi connectivity index (χ0n) is 34.0. The predicted molar refractivity (Wildman–Crippen MR) is 196 cm³/mol. The fourth-order valence-electron chi connectivity index (χ4n) is 6.16. The Morgan fingerprint density at radius 3 is 1.67 bits per heavy atom. The Morgan fingerprint density at radius 1 is 0.655 bits per heavy atom. The maximum absolute atomic E-state index is 11.7. The number of nitrogens with zero attached hydrogens (tertiary/aromatic N) is 4. The number of carbonyl (C=O) groups is 4. The minimum absolute atomic E-state index is 0. The molecule has 0 radical (unpaired) electrons. The van der Waals surface area contributed by atoms with Gasteiger partial charge in [0, 0.05) is 48.4 Å². The maximum atomic E-state index is 11.7. The van der Waals surface area contributed by atoms with Crippen molar-refractivity contribution in [3.63, 3.8) is 0 Å². The number of anilines is 3. The fraction of sp³-hybridized carbons (Fsp3) is 0.275. The van der Waals surface area contributed by atoms with Crippen molar-refractivity contribution >= 4 is 51.9 Å². The number of carbonyl (C=O) groups excluding carboxylic acids is 4. The molecular formula is C40H39K3N4O11. The number of carboxylic acid groups (broad SMARTS) is 4. The van der Waals surface area contributed by atoms with E-state index < -0.39 is 50.1 Å². The van der Waals surface area contributed by atoms with E-state index in [0.717, 1.165) is 42.9 Å². The molecule has 3 aromatic rings. The van der Waals surface area contributed by atoms with Crippen LogP contribution in [0.4, 0.5) is 17.1 Å². The van der Waals surface area contributed by atoms with Crippen LogP contribution in [0.25, 0.3) is 33.4 Å². The van der Waals surface area contributed by atoms with Gasteiger partial charge in [-0.15, -0.1) is 0 Å². The minimum atomic E-state index is -1.53. The van der Waals surface area contributed by atoms with Crippen LogP contribution in [0.3, 0.4) is 0 Å². The molecule has 2 aliphatic rings. The summed E-state index contributed by atoms with van der Waals surface area (Å²) in [5, 5.41) is 48.0. The maximum Gasteiger partial charge on any atom is 1.00 e. The molecule has 3 aromatic carbocycles. The van der Waals surface area contributed by atoms with Crippen LogP contribution in [0.1, 0.15) is 5.56 Å². The Bertz CT molecular complexity index is 2280. The number of aryl methyl sites for hydroxylation is 1. The summed E-state index contributed by atoms with van der Waals surface area (Å²) in [6, 6.07) is 21.3. The van der Waals surface area contributed by atoms with Crippen molar-refractivity contribution in [2.24, 2.45) is 0 Å². The SMILES string of the molecule is Cc1ccc(N(CC(=O)[O-])CC(=O)[O-])c(OCCOc2cc(-c3c4ccc(=[N+](C)C)cc-4oc4cc(N(C)C)ccc34)ccc2N(CC(=O)[O-])CC(=O)[O-])c1.[K+].[K+].[K+]. The normalized spacial score (nSPS) is 10.4. The van der Waals surface area contributed by atoms with Gasteiger partial charge in [-0.25, -0.2) is 4.58 Å². The molecule has 0 saturated heterocycles. The van der Waals surface area contributed by atoms with Crippen LogP contribution in [0, 0.1) is 6.92 Å². The molecular weight excluding hydrogens is 830 g/mol. The second kappa shape index (κ2) is 24.0. The number of ether oxygens (including phenoxy) is 2. The molecule has 58 heavy (non-hydrogen) atoms. The summed E-state index contributed by atoms with van der Waals surface area (Å²) in [5.74, 6) is -5.20. The number of fused-ring (bicyclic) bond motifs is 2. The summed E-state index contributed by atoms with van der Waals surface area (Å²) in [6.45, 7) is -1.59. The van der Waals surface area contributed by atoms with Crippen LogP contribution < -0.4 is 209 Å². The fourth-order valence-corrected chi connectivity index (χ4v) is 6.16. The number of hydrogen-bond acceptors (Lipinski definition) is 14. The minimum Gasteiger partial charge on any atom is -0.548 e. The number of aliphatic carboxylic acids is 4. The van der Waals surface area contributed by atoms with Crippen molar-refractivity contribution in [3.05, 3.63) is 83.7 Å². The molecule has 0 unspecified atom stereocenters. The third-order valence-electron chi connectivity index (χ3n) is 8.65. The van der Waals surface area contributed by atoms with Crippen molar-refractivity contribution in [3.8, 4) is 33.9 Å². The van der Waals surface area contributed by atoms with E-state index in [9.17, 15) is 39.6 Å². The third kappa shape index (κ3) is 13.8. The summed E-state index contributed by atoms with van der Waals surface area (Å²) >= 11 is 0. The van der Waals surface area contributed by atoms with Gasteiger partial charge in [-0.05, 0) is 60.5 Å². The number of hydrogen-bond donors (Lipinski definition) is 0. The zero-order chi connectivity index (χ0) is 40.0. The van der Waals surface area contributed by atoms with E-state index in [-0.39, 0.29) is 190 Å². The summed E-state index contributed by atoms with van der Waals surface area (Å²) in [7, 11) is 7.67. The summed E-state index contributed by atoms with van der Waals surface area (Å²) in [4.78, 5) is 50.3. The molecule has 1 aliphatic heterocycles. The van der Waals surface area contributed by atoms with E-state index in [1.165, 1.54) is 6.07 Å². The average Bonchev–Trinajstić information content (AvgIpc) is 3.10. The molecule has 0 amide bonds. The van der Waals surface area contributed by atoms with Crippen molar-refractivity contribution in [1.82, 2.24) is 4.58 Å². The molecule has 288 valence electrons. The van der Waals surface area contributed by atoms with Gasteiger partial charge in [-0.2, -0.15) is 0 Å². The number of benzene rings is 4. The topological polar surface area (TPSA) is 205 Å². The van der Waals surface area contributed by atoms with Crippen molar-refractivity contribution in [2.45, 2.75) is 6.92 Å². The largest absolute Gasteiger partial charge is 1.00 e. The van der Waals surface area contributed by atoms with Crippen LogP contribution >= 0.6 is 0 Å². The number of carboxylic acids is 4. The van der Waals surface area contributed by atoms with Gasteiger partial charge in [0.1, 0.15) is 50.2 Å². The van der Waals surface area contributed by atoms with E-state index >= 15 is 0 Å². The first kappa shape index (κ1) is 52.3. The van der Waals surface area contributed by atoms with Crippen LogP contribution in [-0.4, -0.2) is 91.5 Å². The Balaban J connectivity index is 0.00000387. The molecule has 0 atom stereocenters. The van der Waals surface area contributed by atoms with Crippen LogP contribution in [0.15, 0.2) is 77.2 Å². The van der Waals surface area contributed by atoms with Crippen LogP contribution in [0.2, 0.25) is 0 Å². The van der Waals surface area contributed by atoms with Gasteiger partial charge in [0.05, 0.1) is 67.5 Å². The molecule has 0 spiro atoms. The van der Waals surface area contributed by atoms with E-state index in [1.54, 1.807) is 37.3 Å². The summed E-state index contributed by atoms with van der Waals surface area (Å²) < 4.78 is 20.6. The molecule has 0 aromatic heterocycles.